The highest BCUT2D eigenvalue weighted by atomic mass is 19.1. The molecule has 2 aliphatic carbocycles. The minimum Gasteiger partial charge on any atom is -0.364 e. The summed E-state index contributed by atoms with van der Waals surface area (Å²) in [6.07, 6.45) is 11.9. The van der Waals surface area contributed by atoms with Crippen molar-refractivity contribution in [3.63, 3.8) is 0 Å². The van der Waals surface area contributed by atoms with Gasteiger partial charge in [-0.3, -0.25) is 0 Å². The second kappa shape index (κ2) is 5.87. The van der Waals surface area contributed by atoms with Gasteiger partial charge in [-0.15, -0.1) is 0 Å². The number of anilines is 3. The minimum atomic E-state index is -0.225. The summed E-state index contributed by atoms with van der Waals surface area (Å²) in [5.41, 5.74) is 3.32. The first-order chi connectivity index (χ1) is 12.3. The van der Waals surface area contributed by atoms with Gasteiger partial charge in [0.05, 0.1) is 0 Å². The third kappa shape index (κ3) is 2.70. The molecule has 5 rings (SSSR count). The molecule has 2 fully saturated rings. The maximum atomic E-state index is 13.1. The lowest BCUT2D eigenvalue weighted by molar-refractivity contribution is 0.398. The molecule has 2 heterocycles. The third-order valence-corrected chi connectivity index (χ3v) is 6.04. The zero-order valence-electron chi connectivity index (χ0n) is 14.2. The Hall–Kier alpha value is -2.36. The van der Waals surface area contributed by atoms with Crippen LogP contribution in [0, 0.1) is 17.7 Å². The molecular formula is C21H22FN3. The van der Waals surface area contributed by atoms with Crippen LogP contribution in [0.25, 0.3) is 6.08 Å². The predicted molar refractivity (Wildman–Crippen MR) is 99.5 cm³/mol. The largest absolute Gasteiger partial charge is 0.364 e. The summed E-state index contributed by atoms with van der Waals surface area (Å²) in [4.78, 5) is 7.12. The molecule has 1 N–H and O–H groups in total. The van der Waals surface area contributed by atoms with Gasteiger partial charge in [-0.2, -0.15) is 0 Å². The molecule has 2 aromatic rings. The van der Waals surface area contributed by atoms with Crippen molar-refractivity contribution in [2.45, 2.75) is 31.7 Å². The molecule has 2 bridgehead atoms. The second-order valence-electron chi connectivity index (χ2n) is 7.56. The second-order valence-corrected chi connectivity index (χ2v) is 7.56. The van der Waals surface area contributed by atoms with Crippen LogP contribution in [0.2, 0.25) is 0 Å². The summed E-state index contributed by atoms with van der Waals surface area (Å²) in [7, 11) is 0. The van der Waals surface area contributed by atoms with E-state index in [1.54, 1.807) is 12.1 Å². The number of halogens is 1. The molecule has 3 aliphatic rings. The topological polar surface area (TPSA) is 28.2 Å². The van der Waals surface area contributed by atoms with Crippen molar-refractivity contribution in [1.82, 2.24) is 4.98 Å². The van der Waals surface area contributed by atoms with Crippen LogP contribution < -0.4 is 10.2 Å². The van der Waals surface area contributed by atoms with E-state index < -0.39 is 0 Å². The van der Waals surface area contributed by atoms with Crippen molar-refractivity contribution in [3.05, 3.63) is 54.0 Å². The van der Waals surface area contributed by atoms with E-state index in [2.05, 4.69) is 33.4 Å². The Kier molecular flexibility index (Phi) is 3.51. The first-order valence-electron chi connectivity index (χ1n) is 9.22. The van der Waals surface area contributed by atoms with Gasteiger partial charge < -0.3 is 10.2 Å². The number of fused-ring (bicyclic) bond motifs is 3. The van der Waals surface area contributed by atoms with E-state index in [0.717, 1.165) is 29.9 Å². The molecule has 4 heteroatoms. The quantitative estimate of drug-likeness (QED) is 0.857. The Labute approximate surface area is 147 Å². The summed E-state index contributed by atoms with van der Waals surface area (Å²) in [6, 6.07) is 9.22. The minimum absolute atomic E-state index is 0.225. The Morgan fingerprint density at radius 3 is 2.76 bits per heavy atom. The van der Waals surface area contributed by atoms with Crippen LogP contribution in [0.15, 0.2) is 42.6 Å². The van der Waals surface area contributed by atoms with Crippen LogP contribution in [0.4, 0.5) is 21.6 Å². The number of pyridine rings is 1. The highest BCUT2D eigenvalue weighted by molar-refractivity contribution is 5.74. The van der Waals surface area contributed by atoms with Crippen molar-refractivity contribution in [2.75, 3.05) is 16.8 Å². The maximum Gasteiger partial charge on any atom is 0.132 e. The SMILES string of the molecule is Fc1ccc(Nc2cc3c(cn2)C=CCN3C2CC3CCC2C3)cc1. The summed E-state index contributed by atoms with van der Waals surface area (Å²) in [6.45, 7) is 0.987. The molecule has 0 radical (unpaired) electrons. The molecule has 1 aliphatic heterocycles. The van der Waals surface area contributed by atoms with E-state index in [1.807, 2.05) is 6.20 Å². The van der Waals surface area contributed by atoms with Crippen molar-refractivity contribution < 1.29 is 4.39 Å². The Bertz CT molecular complexity index is 814. The van der Waals surface area contributed by atoms with Crippen molar-refractivity contribution in [1.29, 1.82) is 0 Å². The zero-order chi connectivity index (χ0) is 16.8. The predicted octanol–water partition coefficient (Wildman–Crippen LogP) is 4.99. The molecule has 25 heavy (non-hydrogen) atoms. The van der Waals surface area contributed by atoms with Crippen molar-refractivity contribution in [3.8, 4) is 0 Å². The van der Waals surface area contributed by atoms with Gasteiger partial charge >= 0.3 is 0 Å². The molecule has 128 valence electrons. The van der Waals surface area contributed by atoms with Gasteiger partial charge in [0.15, 0.2) is 0 Å². The van der Waals surface area contributed by atoms with Crippen molar-refractivity contribution in [2.24, 2.45) is 11.8 Å². The molecule has 1 aromatic carbocycles. The Morgan fingerprint density at radius 2 is 2.00 bits per heavy atom. The number of hydrogen-bond acceptors (Lipinski definition) is 3. The summed E-state index contributed by atoms with van der Waals surface area (Å²) < 4.78 is 13.1. The summed E-state index contributed by atoms with van der Waals surface area (Å²) >= 11 is 0. The Balaban J connectivity index is 1.44. The average Bonchev–Trinajstić information content (AvgIpc) is 3.26. The van der Waals surface area contributed by atoms with E-state index in [-0.39, 0.29) is 5.82 Å². The van der Waals surface area contributed by atoms with Crippen LogP contribution in [0.5, 0.6) is 0 Å². The number of nitrogens with zero attached hydrogens (tertiary/aromatic N) is 2. The third-order valence-electron chi connectivity index (χ3n) is 6.04. The van der Waals surface area contributed by atoms with Crippen LogP contribution in [-0.4, -0.2) is 17.6 Å². The summed E-state index contributed by atoms with van der Waals surface area (Å²) in [5.74, 6) is 2.37. The number of nitrogens with one attached hydrogen (secondary N) is 1. The number of aromatic nitrogens is 1. The van der Waals surface area contributed by atoms with E-state index in [9.17, 15) is 4.39 Å². The molecular weight excluding hydrogens is 313 g/mol. The lowest BCUT2D eigenvalue weighted by atomic mass is 9.92. The van der Waals surface area contributed by atoms with E-state index in [0.29, 0.717) is 6.04 Å². The van der Waals surface area contributed by atoms with Crippen LogP contribution in [0.3, 0.4) is 0 Å². The monoisotopic (exact) mass is 335 g/mol. The first-order valence-corrected chi connectivity index (χ1v) is 9.22. The van der Waals surface area contributed by atoms with Crippen molar-refractivity contribution >= 4 is 23.3 Å². The molecule has 3 atom stereocenters. The molecule has 0 amide bonds. The highest BCUT2D eigenvalue weighted by Gasteiger charge is 2.42. The molecule has 3 unspecified atom stereocenters. The smallest absolute Gasteiger partial charge is 0.132 e. The number of hydrogen-bond donors (Lipinski definition) is 1. The lowest BCUT2D eigenvalue weighted by Crippen LogP contribution is -2.40. The Morgan fingerprint density at radius 1 is 1.12 bits per heavy atom. The number of benzene rings is 1. The van der Waals surface area contributed by atoms with Gasteiger partial charge in [0.2, 0.25) is 0 Å². The standard InChI is InChI=1S/C21H22FN3/c22-17-5-7-18(8-6-17)24-21-12-20-16(13-23-21)2-1-9-25(20)19-11-14-3-4-15(19)10-14/h1-2,5-8,12-15,19H,3-4,9-11H2,(H,23,24). The number of rotatable bonds is 3. The highest BCUT2D eigenvalue weighted by Crippen LogP contribution is 2.48. The van der Waals surface area contributed by atoms with Crippen LogP contribution in [0.1, 0.15) is 31.2 Å². The van der Waals surface area contributed by atoms with Gasteiger partial charge in [0.25, 0.3) is 0 Å². The van der Waals surface area contributed by atoms with Gasteiger partial charge in [-0.05, 0) is 55.4 Å². The lowest BCUT2D eigenvalue weighted by Gasteiger charge is -2.38. The summed E-state index contributed by atoms with van der Waals surface area (Å²) in [5, 5.41) is 3.30. The van der Waals surface area contributed by atoms with Gasteiger partial charge in [-0.1, -0.05) is 18.6 Å². The van der Waals surface area contributed by atoms with E-state index in [4.69, 9.17) is 0 Å². The molecule has 0 saturated heterocycles. The molecule has 1 aromatic heterocycles. The molecule has 3 nitrogen and oxygen atoms in total. The van der Waals surface area contributed by atoms with E-state index in [1.165, 1.54) is 49.1 Å². The first kappa shape index (κ1) is 14.9. The fraction of sp³-hybridized carbons (Fsp3) is 0.381. The fourth-order valence-corrected chi connectivity index (χ4v) is 4.88. The van der Waals surface area contributed by atoms with Crippen LogP contribution >= 0.6 is 0 Å². The molecule has 2 saturated carbocycles. The normalized spacial score (nSPS) is 26.8. The van der Waals surface area contributed by atoms with Crippen LogP contribution in [-0.2, 0) is 0 Å². The fourth-order valence-electron chi connectivity index (χ4n) is 4.88. The van der Waals surface area contributed by atoms with E-state index >= 15 is 0 Å². The zero-order valence-corrected chi connectivity index (χ0v) is 14.2. The van der Waals surface area contributed by atoms with Gasteiger partial charge in [0, 0.05) is 41.8 Å². The average molecular weight is 335 g/mol. The maximum absolute atomic E-state index is 13.1. The van der Waals surface area contributed by atoms with Gasteiger partial charge in [0.1, 0.15) is 11.6 Å². The van der Waals surface area contributed by atoms with Gasteiger partial charge in [-0.25, -0.2) is 9.37 Å². The molecule has 0 spiro atoms.